The molecule has 0 spiro atoms. The van der Waals surface area contributed by atoms with Gasteiger partial charge in [-0.25, -0.2) is 0 Å². The molecular weight excluding hydrogens is 196 g/mol. The first kappa shape index (κ1) is 12.8. The highest BCUT2D eigenvalue weighted by Gasteiger charge is 2.14. The maximum atomic E-state index is 9.84. The summed E-state index contributed by atoms with van der Waals surface area (Å²) in [7, 11) is 0. The predicted molar refractivity (Wildman–Crippen MR) is 68.2 cm³/mol. The van der Waals surface area contributed by atoms with Crippen molar-refractivity contribution >= 4 is 0 Å². The van der Waals surface area contributed by atoms with Gasteiger partial charge in [-0.05, 0) is 23.5 Å². The molecule has 0 aliphatic heterocycles. The van der Waals surface area contributed by atoms with Crippen LogP contribution in [0.25, 0.3) is 0 Å². The van der Waals surface area contributed by atoms with Gasteiger partial charge in [-0.1, -0.05) is 45.0 Å². The summed E-state index contributed by atoms with van der Waals surface area (Å²) in [4.78, 5) is 0. The van der Waals surface area contributed by atoms with E-state index in [0.29, 0.717) is 6.42 Å². The molecule has 1 N–H and O–H groups in total. The van der Waals surface area contributed by atoms with Crippen molar-refractivity contribution in [3.63, 3.8) is 0 Å². The molecule has 86 valence electrons. The van der Waals surface area contributed by atoms with Gasteiger partial charge in [0, 0.05) is 6.42 Å². The van der Waals surface area contributed by atoms with E-state index < -0.39 is 6.10 Å². The smallest absolute Gasteiger partial charge is 0.0899 e. The van der Waals surface area contributed by atoms with Gasteiger partial charge < -0.3 is 5.11 Å². The van der Waals surface area contributed by atoms with Crippen molar-refractivity contribution < 1.29 is 5.11 Å². The SMILES string of the molecule is CC#CCC(O)c1ccc(C(C)(C)C)cc1. The van der Waals surface area contributed by atoms with Crippen LogP contribution in [-0.4, -0.2) is 5.11 Å². The number of hydrogen-bond acceptors (Lipinski definition) is 1. The largest absolute Gasteiger partial charge is 0.387 e. The van der Waals surface area contributed by atoms with Crippen molar-refractivity contribution in [2.45, 2.75) is 45.6 Å². The van der Waals surface area contributed by atoms with Crippen molar-refractivity contribution in [2.24, 2.45) is 0 Å². The molecule has 0 saturated carbocycles. The molecule has 0 heterocycles. The highest BCUT2D eigenvalue weighted by Crippen LogP contribution is 2.24. The Hall–Kier alpha value is -1.26. The van der Waals surface area contributed by atoms with E-state index in [4.69, 9.17) is 0 Å². The summed E-state index contributed by atoms with van der Waals surface area (Å²) < 4.78 is 0. The second-order valence-corrected chi connectivity index (χ2v) is 5.02. The molecule has 0 aliphatic rings. The summed E-state index contributed by atoms with van der Waals surface area (Å²) in [5.74, 6) is 5.69. The molecule has 0 saturated heterocycles. The predicted octanol–water partition coefficient (Wildman–Crippen LogP) is 3.43. The van der Waals surface area contributed by atoms with Crippen molar-refractivity contribution in [1.82, 2.24) is 0 Å². The van der Waals surface area contributed by atoms with Crippen molar-refractivity contribution in [3.8, 4) is 11.8 Å². The zero-order valence-electron chi connectivity index (χ0n) is 10.5. The van der Waals surface area contributed by atoms with E-state index in [1.807, 2.05) is 12.1 Å². The fourth-order valence-electron chi connectivity index (χ4n) is 1.52. The topological polar surface area (TPSA) is 20.2 Å². The standard InChI is InChI=1S/C15H20O/c1-5-6-7-14(16)12-8-10-13(11-9-12)15(2,3)4/h8-11,14,16H,7H2,1-4H3. The fourth-order valence-corrected chi connectivity index (χ4v) is 1.52. The van der Waals surface area contributed by atoms with E-state index in [9.17, 15) is 5.11 Å². The van der Waals surface area contributed by atoms with Crippen LogP contribution in [-0.2, 0) is 5.41 Å². The second kappa shape index (κ2) is 5.18. The van der Waals surface area contributed by atoms with Crippen LogP contribution in [0.1, 0.15) is 51.3 Å². The van der Waals surface area contributed by atoms with Crippen molar-refractivity contribution in [1.29, 1.82) is 0 Å². The average Bonchev–Trinajstić information content (AvgIpc) is 2.25. The number of rotatable bonds is 2. The van der Waals surface area contributed by atoms with Gasteiger partial charge in [-0.3, -0.25) is 0 Å². The molecule has 16 heavy (non-hydrogen) atoms. The normalized spacial score (nSPS) is 12.8. The maximum absolute atomic E-state index is 9.84. The van der Waals surface area contributed by atoms with Gasteiger partial charge in [-0.15, -0.1) is 11.8 Å². The summed E-state index contributed by atoms with van der Waals surface area (Å²) in [5.41, 5.74) is 2.38. The van der Waals surface area contributed by atoms with Gasteiger partial charge >= 0.3 is 0 Å². The Morgan fingerprint density at radius 1 is 1.19 bits per heavy atom. The minimum atomic E-state index is -0.471. The highest BCUT2D eigenvalue weighted by molar-refractivity contribution is 5.29. The quantitative estimate of drug-likeness (QED) is 0.751. The van der Waals surface area contributed by atoms with Gasteiger partial charge in [0.15, 0.2) is 0 Å². The Labute approximate surface area is 98.5 Å². The summed E-state index contributed by atoms with van der Waals surface area (Å²) in [6.07, 6.45) is 0.0345. The summed E-state index contributed by atoms with van der Waals surface area (Å²) in [6.45, 7) is 8.33. The molecule has 1 heteroatoms. The first-order valence-electron chi connectivity index (χ1n) is 5.63. The zero-order chi connectivity index (χ0) is 12.2. The third kappa shape index (κ3) is 3.40. The minimum absolute atomic E-state index is 0.159. The lowest BCUT2D eigenvalue weighted by Crippen LogP contribution is -2.11. The summed E-state index contributed by atoms with van der Waals surface area (Å²) in [6, 6.07) is 8.14. The van der Waals surface area contributed by atoms with E-state index in [1.165, 1.54) is 5.56 Å². The minimum Gasteiger partial charge on any atom is -0.387 e. The van der Waals surface area contributed by atoms with Crippen LogP contribution in [0, 0.1) is 11.8 Å². The first-order valence-corrected chi connectivity index (χ1v) is 5.63. The zero-order valence-corrected chi connectivity index (χ0v) is 10.5. The van der Waals surface area contributed by atoms with E-state index in [2.05, 4.69) is 44.7 Å². The Morgan fingerprint density at radius 2 is 1.75 bits per heavy atom. The molecule has 1 nitrogen and oxygen atoms in total. The highest BCUT2D eigenvalue weighted by atomic mass is 16.3. The molecule has 1 rings (SSSR count). The molecule has 1 aromatic rings. The lowest BCUT2D eigenvalue weighted by atomic mass is 9.86. The molecule has 1 aromatic carbocycles. The number of hydrogen-bond donors (Lipinski definition) is 1. The lowest BCUT2D eigenvalue weighted by molar-refractivity contribution is 0.184. The molecular formula is C15H20O. The summed E-state index contributed by atoms with van der Waals surface area (Å²) in [5, 5.41) is 9.84. The van der Waals surface area contributed by atoms with Gasteiger partial charge in [0.1, 0.15) is 0 Å². The van der Waals surface area contributed by atoms with Crippen LogP contribution in [0.15, 0.2) is 24.3 Å². The number of benzene rings is 1. The molecule has 0 amide bonds. The second-order valence-electron chi connectivity index (χ2n) is 5.02. The fraction of sp³-hybridized carbons (Fsp3) is 0.467. The van der Waals surface area contributed by atoms with Gasteiger partial charge in [0.2, 0.25) is 0 Å². The Bertz CT molecular complexity index is 384. The molecule has 1 unspecified atom stereocenters. The first-order chi connectivity index (χ1) is 7.45. The van der Waals surface area contributed by atoms with Crippen LogP contribution in [0.4, 0.5) is 0 Å². The maximum Gasteiger partial charge on any atom is 0.0899 e. The monoisotopic (exact) mass is 216 g/mol. The summed E-state index contributed by atoms with van der Waals surface area (Å²) >= 11 is 0. The Morgan fingerprint density at radius 3 is 2.19 bits per heavy atom. The lowest BCUT2D eigenvalue weighted by Gasteiger charge is -2.19. The van der Waals surface area contributed by atoms with Gasteiger partial charge in [0.25, 0.3) is 0 Å². The molecule has 1 atom stereocenters. The van der Waals surface area contributed by atoms with Crippen molar-refractivity contribution in [3.05, 3.63) is 35.4 Å². The number of aliphatic hydroxyl groups is 1. The van der Waals surface area contributed by atoms with Crippen LogP contribution < -0.4 is 0 Å². The number of aliphatic hydroxyl groups excluding tert-OH is 1. The Balaban J connectivity index is 2.81. The van der Waals surface area contributed by atoms with E-state index in [1.54, 1.807) is 6.92 Å². The Kier molecular flexibility index (Phi) is 4.15. The molecule has 0 aliphatic carbocycles. The van der Waals surface area contributed by atoms with E-state index in [-0.39, 0.29) is 5.41 Å². The third-order valence-electron chi connectivity index (χ3n) is 2.63. The molecule has 0 aromatic heterocycles. The average molecular weight is 216 g/mol. The van der Waals surface area contributed by atoms with E-state index in [0.717, 1.165) is 5.56 Å². The van der Waals surface area contributed by atoms with Crippen molar-refractivity contribution in [2.75, 3.05) is 0 Å². The van der Waals surface area contributed by atoms with E-state index >= 15 is 0 Å². The third-order valence-corrected chi connectivity index (χ3v) is 2.63. The van der Waals surface area contributed by atoms with Crippen LogP contribution in [0.5, 0.6) is 0 Å². The van der Waals surface area contributed by atoms with Gasteiger partial charge in [0.05, 0.1) is 6.10 Å². The van der Waals surface area contributed by atoms with Crippen LogP contribution in [0.2, 0.25) is 0 Å². The van der Waals surface area contributed by atoms with Gasteiger partial charge in [-0.2, -0.15) is 0 Å². The molecule has 0 bridgehead atoms. The molecule has 0 fully saturated rings. The van der Waals surface area contributed by atoms with Crippen LogP contribution in [0.3, 0.4) is 0 Å². The van der Waals surface area contributed by atoms with Crippen LogP contribution >= 0.6 is 0 Å². The molecule has 0 radical (unpaired) electrons.